The second kappa shape index (κ2) is 35.8. The van der Waals surface area contributed by atoms with Gasteiger partial charge in [-0.25, -0.2) is 18.3 Å². The van der Waals surface area contributed by atoms with Crippen LogP contribution < -0.4 is 71.2 Å². The van der Waals surface area contributed by atoms with Gasteiger partial charge in [0.1, 0.15) is 49.4 Å². The minimum absolute atomic E-state index is 0. The Morgan fingerprint density at radius 1 is 0.255 bits per heavy atom. The van der Waals surface area contributed by atoms with Crippen LogP contribution in [0.4, 0.5) is 50.4 Å². The molecule has 98 heavy (non-hydrogen) atoms. The Morgan fingerprint density at radius 2 is 0.490 bits per heavy atom. The fraction of sp³-hybridized carbons (Fsp3) is 0.294. The van der Waals surface area contributed by atoms with Crippen LogP contribution in [-0.4, -0.2) is 106 Å². The van der Waals surface area contributed by atoms with E-state index < -0.39 is 15.6 Å². The Balaban J connectivity index is 0.000000254. The van der Waals surface area contributed by atoms with Crippen molar-refractivity contribution in [1.82, 2.24) is 0 Å². The molecule has 29 rings (SSSR count). The summed E-state index contributed by atoms with van der Waals surface area (Å²) in [4.78, 5) is 0. The summed E-state index contributed by atoms with van der Waals surface area (Å²) in [6.45, 7) is 11.1. The van der Waals surface area contributed by atoms with Crippen LogP contribution in [0.5, 0.6) is 23.0 Å². The number of ether oxygens (including phenoxy) is 10. The third-order valence-electron chi connectivity index (χ3n) is 13.8. The number of halogens is 14. The first-order valence-corrected chi connectivity index (χ1v) is 34.4. The number of hydrogen-bond donors (Lipinski definition) is 0. The van der Waals surface area contributed by atoms with Crippen molar-refractivity contribution in [1.29, 1.82) is 0 Å². The molecule has 0 aliphatic carbocycles. The average molecular weight is 1560 g/mol. The van der Waals surface area contributed by atoms with E-state index in [1.807, 2.05) is 60.7 Å². The molecule has 24 heterocycles. The largest absolute Gasteiger partial charge is 1.00 e. The van der Waals surface area contributed by atoms with Crippen molar-refractivity contribution in [3.63, 3.8) is 0 Å². The number of pyridine rings is 4. The van der Waals surface area contributed by atoms with E-state index in [1.54, 1.807) is 0 Å². The first-order valence-electron chi connectivity index (χ1n) is 30.4. The number of rotatable bonds is 0. The maximum absolute atomic E-state index is 10.7. The van der Waals surface area contributed by atoms with Crippen molar-refractivity contribution in [3.8, 4) is 45.3 Å². The van der Waals surface area contributed by atoms with Gasteiger partial charge >= 0.3 is 66.0 Å². The van der Waals surface area contributed by atoms with E-state index in [4.69, 9.17) is 47.4 Å². The Kier molecular flexibility index (Phi) is 29.2. The van der Waals surface area contributed by atoms with Gasteiger partial charge in [0.15, 0.2) is 75.8 Å². The molecule has 0 radical (unpaired) electrons. The zero-order valence-corrected chi connectivity index (χ0v) is 57.8. The summed E-state index contributed by atoms with van der Waals surface area (Å²) in [5.74, 6) is 3.12. The Hall–Kier alpha value is -7.10. The minimum Gasteiger partial charge on any atom is -1.00 e. The van der Waals surface area contributed by atoms with Gasteiger partial charge in [-0.1, -0.05) is 60.7 Å². The molecule has 0 spiro atoms. The van der Waals surface area contributed by atoms with Crippen LogP contribution in [0.1, 0.15) is 22.3 Å². The number of nitrogens with zero attached hydrogens (tertiary/aromatic N) is 4. The molecule has 5 aromatic carbocycles. The van der Waals surface area contributed by atoms with Gasteiger partial charge in [-0.3, -0.25) is 0 Å². The molecule has 0 saturated heterocycles. The molecule has 0 unspecified atom stereocenters. The predicted octanol–water partition coefficient (Wildman–Crippen LogP) is 9.62. The third kappa shape index (κ3) is 34.1. The molecule has 0 amide bonds. The zero-order valence-electron chi connectivity index (χ0n) is 52.8. The third-order valence-corrected chi connectivity index (χ3v) is 13.8. The van der Waals surface area contributed by atoms with Gasteiger partial charge in [-0.2, -0.15) is 0 Å². The molecule has 20 aliphatic heterocycles. The summed E-state index contributed by atoms with van der Waals surface area (Å²) < 4.78 is 184. The van der Waals surface area contributed by atoms with Crippen LogP contribution >= 0.6 is 15.6 Å². The van der Waals surface area contributed by atoms with Gasteiger partial charge < -0.3 is 81.3 Å². The van der Waals surface area contributed by atoms with E-state index in [2.05, 4.69) is 165 Å². The topological polar surface area (TPSA) is 108 Å². The van der Waals surface area contributed by atoms with Crippen molar-refractivity contribution in [2.75, 3.05) is 106 Å². The first kappa shape index (κ1) is 79.9. The Labute approximate surface area is 580 Å². The average Bonchev–Trinajstić information content (AvgIpc) is 0.796. The van der Waals surface area contributed by atoms with Crippen molar-refractivity contribution >= 4 is 26.4 Å². The smallest absolute Gasteiger partial charge is 0.173 e. The van der Waals surface area contributed by atoms with E-state index in [1.165, 1.54) is 44.5 Å². The van der Waals surface area contributed by atoms with Gasteiger partial charge in [-0.15, -0.1) is 0 Å². The fourth-order valence-electron chi connectivity index (χ4n) is 9.39. The van der Waals surface area contributed by atoms with Gasteiger partial charge in [0.25, 0.3) is 0 Å². The van der Waals surface area contributed by atoms with Crippen LogP contribution in [-0.2, 0) is 54.6 Å². The molecular weight excluding hydrogens is 1480 g/mol. The second-order valence-electron chi connectivity index (χ2n) is 21.8. The van der Waals surface area contributed by atoms with Crippen molar-refractivity contribution in [3.05, 3.63) is 230 Å². The fourth-order valence-corrected chi connectivity index (χ4v) is 9.39. The van der Waals surface area contributed by atoms with Gasteiger partial charge in [0, 0.05) is 76.2 Å². The molecule has 9 aromatic rings. The Bertz CT molecular complexity index is 3520. The maximum atomic E-state index is 9.87. The molecule has 0 N–H and O–H groups in total. The molecule has 0 saturated carbocycles. The summed E-state index contributed by atoms with van der Waals surface area (Å²) in [5, 5.41) is 2.07. The summed E-state index contributed by atoms with van der Waals surface area (Å²) in [6, 6.07) is 54.9. The van der Waals surface area contributed by atoms with E-state index in [-0.39, 0.29) is 34.0 Å². The molecule has 20 aliphatic rings. The molecule has 0 fully saturated rings. The number of hydrogen-bond acceptors (Lipinski definition) is 10. The standard InChI is InChI=1S/C36H32N4.C32H42O10.2BrH.2F6P/c1-2-30-4-3-29(1)25-37-17-9-33(10-18-37)35-13-21-39(22-14-35)27-31-5-7-32(8-6-31)28-40-23-15-36(16-24-40)34-11-19-38(26-30)20-12-34;1-2-27-26-30-8-9-31(27)32(3-1)42-25-21-38-17-13-34-11-15-36-19-23-40-29-6-4-28(5-7-29)39-22-18-35-14-10-33-12-16-37-20-24-41-30;;;2*1-7(2,3,4,5)6/h1-24H,25-28H2;1-9,26H,10-25H2;2*1H;;/q+4;;;;2*-1/p-2. The number of benzene rings is 5. The molecule has 0 atom stereocenters. The molecular formula is C68H74Br2F12N4O10P2. The molecule has 30 heteroatoms. The molecule has 14 nitrogen and oxygen atoms in total. The van der Waals surface area contributed by atoms with Gasteiger partial charge in [0.2, 0.25) is 0 Å². The van der Waals surface area contributed by atoms with Gasteiger partial charge in [-0.05, 0) is 76.2 Å². The summed E-state index contributed by atoms with van der Waals surface area (Å²) >= 11 is 0. The molecule has 4 aromatic heterocycles. The van der Waals surface area contributed by atoms with E-state index in [0.717, 1.165) is 59.9 Å². The second-order valence-corrected chi connectivity index (χ2v) is 25.6. The predicted molar refractivity (Wildman–Crippen MR) is 338 cm³/mol. The maximum Gasteiger partial charge on any atom is 0.173 e. The van der Waals surface area contributed by atoms with Crippen molar-refractivity contribution in [2.24, 2.45) is 0 Å². The van der Waals surface area contributed by atoms with Crippen LogP contribution in [0.2, 0.25) is 0 Å². The zero-order chi connectivity index (χ0) is 68.5. The first-order chi connectivity index (χ1) is 45.5. The van der Waals surface area contributed by atoms with Crippen LogP contribution in [0.25, 0.3) is 33.0 Å². The van der Waals surface area contributed by atoms with E-state index >= 15 is 0 Å². The minimum atomic E-state index is -10.7. The Morgan fingerprint density at radius 3 is 0.765 bits per heavy atom. The molecule has 18 bridgehead atoms. The summed E-state index contributed by atoms with van der Waals surface area (Å²) in [5.41, 5.74) is 10.1. The van der Waals surface area contributed by atoms with E-state index in [9.17, 15) is 50.4 Å². The normalized spacial score (nSPS) is 16.4. The van der Waals surface area contributed by atoms with E-state index in [0.29, 0.717) is 106 Å². The van der Waals surface area contributed by atoms with Crippen LogP contribution in [0.15, 0.2) is 207 Å². The van der Waals surface area contributed by atoms with Crippen LogP contribution in [0, 0.1) is 0 Å². The van der Waals surface area contributed by atoms with Crippen molar-refractivity contribution in [2.45, 2.75) is 26.2 Å². The molecule has 534 valence electrons. The number of aromatic nitrogens is 4. The quantitative estimate of drug-likeness (QED) is 0.0828. The monoisotopic (exact) mass is 1550 g/mol. The van der Waals surface area contributed by atoms with Crippen molar-refractivity contribution < 1.29 is 150 Å². The summed E-state index contributed by atoms with van der Waals surface area (Å²) in [7, 11) is -21.3. The summed E-state index contributed by atoms with van der Waals surface area (Å²) in [6.07, 6.45) is 17.4. The van der Waals surface area contributed by atoms with Crippen LogP contribution in [0.3, 0.4) is 0 Å². The SMILES string of the molecule is F[P-](F)(F)(F)(F)F.F[P-](F)(F)(F)(F)F.[Br-].[Br-].c1cc2c3ccc(cc3c1)OCCOCCOCCOCCOc1ccc(cc1)OCCOCCOCCOCCO2.c1cc2ccc1C[n+]1ccc(cc1)-c1cc[n+](cc1)Cc1ccc(cc1)C[n+]1ccc(cc1)-c1cc[n+](cc1)C2. The van der Waals surface area contributed by atoms with Gasteiger partial charge in [0.05, 0.1) is 79.3 Å².